The van der Waals surface area contributed by atoms with Gasteiger partial charge < -0.3 is 10.2 Å². The molecule has 4 nitrogen and oxygen atoms in total. The Labute approximate surface area is 170 Å². The molecule has 2 aromatic rings. The van der Waals surface area contributed by atoms with Crippen LogP contribution in [0.5, 0.6) is 0 Å². The lowest BCUT2D eigenvalue weighted by molar-refractivity contribution is 0.484. The maximum Gasteiger partial charge on any atom is 0.193 e. The second kappa shape index (κ2) is 11.8. The highest BCUT2D eigenvalue weighted by atomic mass is 127. The smallest absolute Gasteiger partial charge is 0.193 e. The summed E-state index contributed by atoms with van der Waals surface area (Å²) in [4.78, 5) is 12.5. The number of hydrogen-bond acceptors (Lipinski definition) is 4. The summed E-state index contributed by atoms with van der Waals surface area (Å²) in [5, 5.41) is 8.96. The molecule has 0 aliphatic rings. The Balaban J connectivity index is 0.00000288. The third-order valence-corrected chi connectivity index (χ3v) is 5.58. The van der Waals surface area contributed by atoms with Crippen molar-refractivity contribution >= 4 is 52.6 Å². The Kier molecular flexibility index (Phi) is 10.5. The Morgan fingerprint density at radius 3 is 2.75 bits per heavy atom. The second-order valence-corrected chi connectivity index (χ2v) is 7.54. The van der Waals surface area contributed by atoms with E-state index in [2.05, 4.69) is 57.1 Å². The van der Waals surface area contributed by atoms with E-state index in [9.17, 15) is 0 Å². The first-order valence-electron chi connectivity index (χ1n) is 8.04. The molecule has 0 spiro atoms. The molecule has 0 saturated carbocycles. The van der Waals surface area contributed by atoms with Crippen LogP contribution in [0.25, 0.3) is 0 Å². The molecule has 0 atom stereocenters. The van der Waals surface area contributed by atoms with Gasteiger partial charge in [0.1, 0.15) is 0 Å². The lowest BCUT2D eigenvalue weighted by atomic mass is 10.2. The van der Waals surface area contributed by atoms with Gasteiger partial charge in [-0.1, -0.05) is 6.07 Å². The van der Waals surface area contributed by atoms with Gasteiger partial charge in [-0.3, -0.25) is 4.99 Å². The Hall–Kier alpha value is -0.670. The number of likely N-dealkylation sites (N-methyl/N-ethyl adjacent to an activating group) is 1. The van der Waals surface area contributed by atoms with Crippen LogP contribution in [0.4, 0.5) is 0 Å². The van der Waals surface area contributed by atoms with Crippen LogP contribution in [0, 0.1) is 6.92 Å². The minimum absolute atomic E-state index is 0. The summed E-state index contributed by atoms with van der Waals surface area (Å²) in [6, 6.07) is 4.30. The molecule has 0 aromatic carbocycles. The van der Waals surface area contributed by atoms with Crippen LogP contribution < -0.4 is 5.32 Å². The van der Waals surface area contributed by atoms with Crippen molar-refractivity contribution < 1.29 is 0 Å². The van der Waals surface area contributed by atoms with E-state index >= 15 is 0 Å². The zero-order valence-corrected chi connectivity index (χ0v) is 18.6. The number of nitrogens with one attached hydrogen (secondary N) is 1. The highest BCUT2D eigenvalue weighted by Crippen LogP contribution is 2.11. The molecule has 0 aliphatic heterocycles. The van der Waals surface area contributed by atoms with Gasteiger partial charge in [0.15, 0.2) is 5.96 Å². The molecule has 2 heterocycles. The number of rotatable bonds is 8. The molecule has 0 radical (unpaired) electrons. The fourth-order valence-corrected chi connectivity index (χ4v) is 3.86. The van der Waals surface area contributed by atoms with Crippen LogP contribution in [-0.2, 0) is 12.8 Å². The van der Waals surface area contributed by atoms with Gasteiger partial charge in [0.25, 0.3) is 0 Å². The quantitative estimate of drug-likeness (QED) is 0.268. The van der Waals surface area contributed by atoms with Crippen molar-refractivity contribution in [2.24, 2.45) is 4.99 Å². The number of thiophene rings is 1. The first-order valence-corrected chi connectivity index (χ1v) is 9.80. The lowest BCUT2D eigenvalue weighted by Crippen LogP contribution is -2.40. The number of unbranched alkanes of at least 4 members (excludes halogenated alkanes) is 1. The fourth-order valence-electron chi connectivity index (χ4n) is 2.34. The van der Waals surface area contributed by atoms with Gasteiger partial charge in [-0.2, -0.15) is 0 Å². The summed E-state index contributed by atoms with van der Waals surface area (Å²) in [6.07, 6.45) is 4.44. The summed E-state index contributed by atoms with van der Waals surface area (Å²) >= 11 is 3.58. The highest BCUT2D eigenvalue weighted by Gasteiger charge is 2.06. The number of aryl methyl sites for hydroxylation is 2. The third kappa shape index (κ3) is 7.48. The van der Waals surface area contributed by atoms with Crippen molar-refractivity contribution in [2.75, 3.05) is 27.2 Å². The Bertz CT molecular complexity index is 596. The molecule has 0 fully saturated rings. The minimum atomic E-state index is 0. The first-order chi connectivity index (χ1) is 11.2. The molecule has 134 valence electrons. The molecule has 1 N–H and O–H groups in total. The number of hydrogen-bond donors (Lipinski definition) is 1. The van der Waals surface area contributed by atoms with Gasteiger partial charge in [-0.15, -0.1) is 46.7 Å². The Morgan fingerprint density at radius 1 is 1.29 bits per heavy atom. The van der Waals surface area contributed by atoms with E-state index < -0.39 is 0 Å². The largest absolute Gasteiger partial charge is 0.356 e. The van der Waals surface area contributed by atoms with Crippen LogP contribution in [0.3, 0.4) is 0 Å². The van der Waals surface area contributed by atoms with Crippen LogP contribution in [0.1, 0.15) is 28.4 Å². The van der Waals surface area contributed by atoms with E-state index in [0.717, 1.165) is 50.4 Å². The van der Waals surface area contributed by atoms with Crippen molar-refractivity contribution in [2.45, 2.75) is 32.6 Å². The van der Waals surface area contributed by atoms with Crippen LogP contribution in [-0.4, -0.2) is 43.0 Å². The average Bonchev–Trinajstić information content (AvgIpc) is 3.20. The molecular formula is C17H27IN4S2. The van der Waals surface area contributed by atoms with Gasteiger partial charge >= 0.3 is 0 Å². The number of aliphatic imine (C=N–C) groups is 1. The molecule has 0 aliphatic carbocycles. The SMILES string of the molecule is CN=C(NCCCCc1nc(C)cs1)N(C)CCc1cccs1.I. The summed E-state index contributed by atoms with van der Waals surface area (Å²) in [7, 11) is 3.95. The molecule has 2 rings (SSSR count). The summed E-state index contributed by atoms with van der Waals surface area (Å²) in [5.74, 6) is 0.978. The van der Waals surface area contributed by atoms with Crippen LogP contribution in [0.15, 0.2) is 27.9 Å². The number of aromatic nitrogens is 1. The van der Waals surface area contributed by atoms with E-state index in [1.807, 2.05) is 18.4 Å². The molecule has 2 aromatic heterocycles. The molecule has 0 bridgehead atoms. The van der Waals surface area contributed by atoms with Crippen LogP contribution in [0.2, 0.25) is 0 Å². The first kappa shape index (κ1) is 21.4. The van der Waals surface area contributed by atoms with Crippen molar-refractivity contribution in [3.8, 4) is 0 Å². The van der Waals surface area contributed by atoms with Gasteiger partial charge in [0.05, 0.1) is 5.01 Å². The summed E-state index contributed by atoms with van der Waals surface area (Å²) < 4.78 is 0. The summed E-state index contributed by atoms with van der Waals surface area (Å²) in [6.45, 7) is 4.00. The predicted octanol–water partition coefficient (Wildman–Crippen LogP) is 4.20. The van der Waals surface area contributed by atoms with Gasteiger partial charge in [0, 0.05) is 43.1 Å². The zero-order chi connectivity index (χ0) is 16.5. The van der Waals surface area contributed by atoms with E-state index in [0.29, 0.717) is 0 Å². The van der Waals surface area contributed by atoms with E-state index in [1.54, 1.807) is 11.3 Å². The predicted molar refractivity (Wildman–Crippen MR) is 117 cm³/mol. The Morgan fingerprint density at radius 2 is 2.12 bits per heavy atom. The average molecular weight is 478 g/mol. The number of thiazole rings is 1. The van der Waals surface area contributed by atoms with Gasteiger partial charge in [-0.25, -0.2) is 4.98 Å². The molecule has 0 unspecified atom stereocenters. The van der Waals surface area contributed by atoms with E-state index in [4.69, 9.17) is 0 Å². The van der Waals surface area contributed by atoms with Gasteiger partial charge in [0.2, 0.25) is 0 Å². The maximum absolute atomic E-state index is 4.50. The topological polar surface area (TPSA) is 40.5 Å². The maximum atomic E-state index is 4.50. The molecule has 0 saturated heterocycles. The second-order valence-electron chi connectivity index (χ2n) is 5.56. The molecule has 7 heteroatoms. The normalized spacial score (nSPS) is 11.2. The van der Waals surface area contributed by atoms with E-state index in [1.165, 1.54) is 9.88 Å². The monoisotopic (exact) mass is 478 g/mol. The number of halogens is 1. The van der Waals surface area contributed by atoms with E-state index in [-0.39, 0.29) is 24.0 Å². The minimum Gasteiger partial charge on any atom is -0.356 e. The molecule has 24 heavy (non-hydrogen) atoms. The van der Waals surface area contributed by atoms with Crippen molar-refractivity contribution in [3.63, 3.8) is 0 Å². The standard InChI is InChI=1S/C17H26N4S2.HI/c1-14-13-23-16(20-14)8-4-5-10-19-17(18-2)21(3)11-9-15-7-6-12-22-15;/h6-7,12-13H,4-5,8-11H2,1-3H3,(H,18,19);1H. The van der Waals surface area contributed by atoms with Crippen LogP contribution >= 0.6 is 46.7 Å². The van der Waals surface area contributed by atoms with Crippen molar-refractivity contribution in [3.05, 3.63) is 38.5 Å². The molecular weight excluding hydrogens is 451 g/mol. The number of guanidine groups is 1. The number of nitrogens with zero attached hydrogens (tertiary/aromatic N) is 3. The zero-order valence-electron chi connectivity index (χ0n) is 14.6. The summed E-state index contributed by atoms with van der Waals surface area (Å²) in [5.41, 5.74) is 1.14. The third-order valence-electron chi connectivity index (χ3n) is 3.61. The van der Waals surface area contributed by atoms with Crippen molar-refractivity contribution in [1.82, 2.24) is 15.2 Å². The highest BCUT2D eigenvalue weighted by molar-refractivity contribution is 14.0. The molecule has 0 amide bonds. The van der Waals surface area contributed by atoms with Crippen molar-refractivity contribution in [1.29, 1.82) is 0 Å². The van der Waals surface area contributed by atoms with Gasteiger partial charge in [-0.05, 0) is 44.1 Å². The fraction of sp³-hybridized carbons (Fsp3) is 0.529. The lowest BCUT2D eigenvalue weighted by Gasteiger charge is -2.21.